The van der Waals surface area contributed by atoms with Crippen molar-refractivity contribution >= 4 is 5.78 Å². The molecule has 0 aliphatic heterocycles. The third-order valence-corrected chi connectivity index (χ3v) is 2.38. The van der Waals surface area contributed by atoms with E-state index in [2.05, 4.69) is 5.32 Å². The number of allylic oxidation sites excluding steroid dienone is 2. The maximum Gasteiger partial charge on any atom is 0.157 e. The highest BCUT2D eigenvalue weighted by atomic mass is 16.3. The second-order valence-electron chi connectivity index (χ2n) is 3.54. The van der Waals surface area contributed by atoms with Crippen molar-refractivity contribution in [2.75, 3.05) is 0 Å². The summed E-state index contributed by atoms with van der Waals surface area (Å²) in [6.07, 6.45) is 3.43. The van der Waals surface area contributed by atoms with Gasteiger partial charge in [-0.15, -0.1) is 0 Å². The van der Waals surface area contributed by atoms with Crippen molar-refractivity contribution in [2.24, 2.45) is 0 Å². The summed E-state index contributed by atoms with van der Waals surface area (Å²) in [5.74, 6) is 0.181. The molecule has 0 bridgehead atoms. The third-order valence-electron chi connectivity index (χ3n) is 2.38. The lowest BCUT2D eigenvalue weighted by molar-refractivity contribution is -0.114. The summed E-state index contributed by atoms with van der Waals surface area (Å²) in [5.41, 5.74) is 0.963. The number of carbonyl (C=O) groups excluding carboxylic acids is 1. The zero-order valence-electron chi connectivity index (χ0n) is 8.21. The van der Waals surface area contributed by atoms with Crippen molar-refractivity contribution in [1.29, 1.82) is 0 Å². The average molecular weight is 183 g/mol. The quantitative estimate of drug-likeness (QED) is 0.683. The van der Waals surface area contributed by atoms with E-state index in [1.165, 1.54) is 0 Å². The van der Waals surface area contributed by atoms with Crippen LogP contribution in [-0.2, 0) is 4.79 Å². The molecule has 0 aromatic heterocycles. The van der Waals surface area contributed by atoms with Crippen LogP contribution in [0.15, 0.2) is 11.8 Å². The Hall–Kier alpha value is -0.830. The monoisotopic (exact) mass is 183 g/mol. The molecule has 3 heteroatoms. The van der Waals surface area contributed by atoms with E-state index in [1.807, 2.05) is 13.8 Å². The molecule has 2 unspecified atom stereocenters. The Bertz CT molecular complexity index is 223. The number of aliphatic hydroxyl groups is 1. The van der Waals surface area contributed by atoms with E-state index in [4.69, 9.17) is 0 Å². The van der Waals surface area contributed by atoms with Gasteiger partial charge < -0.3 is 10.4 Å². The van der Waals surface area contributed by atoms with Gasteiger partial charge in [-0.2, -0.15) is 0 Å². The second-order valence-corrected chi connectivity index (χ2v) is 3.54. The highest BCUT2D eigenvalue weighted by molar-refractivity contribution is 5.92. The number of carbonyl (C=O) groups is 1. The number of rotatable bonds is 4. The van der Waals surface area contributed by atoms with Gasteiger partial charge in [0.05, 0.1) is 6.10 Å². The summed E-state index contributed by atoms with van der Waals surface area (Å²) in [4.78, 5) is 10.9. The van der Waals surface area contributed by atoms with Crippen LogP contribution in [0, 0.1) is 0 Å². The summed E-state index contributed by atoms with van der Waals surface area (Å²) in [5, 5.41) is 12.6. The lowest BCUT2D eigenvalue weighted by Gasteiger charge is -2.20. The average Bonchev–Trinajstić information content (AvgIpc) is 2.49. The van der Waals surface area contributed by atoms with Crippen molar-refractivity contribution in [3.05, 3.63) is 11.8 Å². The fraction of sp³-hybridized carbons (Fsp3) is 0.700. The van der Waals surface area contributed by atoms with Gasteiger partial charge in [-0.25, -0.2) is 0 Å². The zero-order chi connectivity index (χ0) is 9.84. The molecule has 0 heterocycles. The molecule has 0 aromatic carbocycles. The predicted octanol–water partition coefficient (Wildman–Crippen LogP) is 0.982. The minimum atomic E-state index is -0.336. The fourth-order valence-electron chi connectivity index (χ4n) is 1.45. The van der Waals surface area contributed by atoms with Gasteiger partial charge in [-0.1, -0.05) is 6.92 Å². The maximum absolute atomic E-state index is 10.9. The number of aliphatic hydroxyl groups excluding tert-OH is 1. The molecular formula is C10H17NO2. The number of hydrogen-bond donors (Lipinski definition) is 2. The Balaban J connectivity index is 2.40. The van der Waals surface area contributed by atoms with Crippen LogP contribution in [0.3, 0.4) is 0 Å². The van der Waals surface area contributed by atoms with E-state index < -0.39 is 0 Å². The minimum Gasteiger partial charge on any atom is -0.391 e. The predicted molar refractivity (Wildman–Crippen MR) is 51.2 cm³/mol. The van der Waals surface area contributed by atoms with Gasteiger partial charge in [-0.3, -0.25) is 4.79 Å². The highest BCUT2D eigenvalue weighted by Crippen LogP contribution is 2.13. The van der Waals surface area contributed by atoms with Gasteiger partial charge in [0, 0.05) is 24.2 Å². The van der Waals surface area contributed by atoms with Crippen molar-refractivity contribution < 1.29 is 9.90 Å². The molecule has 2 atom stereocenters. The Kier molecular flexibility index (Phi) is 3.48. The van der Waals surface area contributed by atoms with Crippen LogP contribution in [0.25, 0.3) is 0 Å². The zero-order valence-corrected chi connectivity index (χ0v) is 8.21. The van der Waals surface area contributed by atoms with Gasteiger partial charge in [0.15, 0.2) is 5.78 Å². The van der Waals surface area contributed by atoms with Crippen LogP contribution in [-0.4, -0.2) is 23.0 Å². The van der Waals surface area contributed by atoms with E-state index in [0.29, 0.717) is 6.42 Å². The van der Waals surface area contributed by atoms with Crippen molar-refractivity contribution in [3.8, 4) is 0 Å². The van der Waals surface area contributed by atoms with Gasteiger partial charge in [0.25, 0.3) is 0 Å². The summed E-state index contributed by atoms with van der Waals surface area (Å²) in [6, 6.07) is 0.0298. The van der Waals surface area contributed by atoms with Crippen LogP contribution in [0.2, 0.25) is 0 Å². The standard InChI is InChI=1S/C10H17NO2/c1-3-10(13)7(2)11-8-4-5-9(12)6-8/h6-7,10-11,13H,3-5H2,1-2H3. The van der Waals surface area contributed by atoms with Crippen LogP contribution in [0.1, 0.15) is 33.1 Å². The second kappa shape index (κ2) is 4.42. The first-order valence-electron chi connectivity index (χ1n) is 4.81. The van der Waals surface area contributed by atoms with Crippen molar-refractivity contribution in [2.45, 2.75) is 45.3 Å². The Labute approximate surface area is 78.8 Å². The lowest BCUT2D eigenvalue weighted by Crippen LogP contribution is -2.35. The van der Waals surface area contributed by atoms with Crippen LogP contribution >= 0.6 is 0 Å². The van der Waals surface area contributed by atoms with Gasteiger partial charge in [-0.05, 0) is 19.8 Å². The van der Waals surface area contributed by atoms with E-state index in [9.17, 15) is 9.90 Å². The van der Waals surface area contributed by atoms with E-state index in [0.717, 1.165) is 18.5 Å². The molecule has 74 valence electrons. The first-order chi connectivity index (χ1) is 6.13. The minimum absolute atomic E-state index is 0.0298. The molecule has 0 saturated carbocycles. The van der Waals surface area contributed by atoms with Gasteiger partial charge in [0.2, 0.25) is 0 Å². The van der Waals surface area contributed by atoms with E-state index in [-0.39, 0.29) is 17.9 Å². The summed E-state index contributed by atoms with van der Waals surface area (Å²) in [6.45, 7) is 3.87. The Morgan fingerprint density at radius 2 is 2.31 bits per heavy atom. The Morgan fingerprint density at radius 1 is 1.62 bits per heavy atom. The molecule has 0 radical (unpaired) electrons. The highest BCUT2D eigenvalue weighted by Gasteiger charge is 2.16. The number of ketones is 1. The molecule has 2 N–H and O–H groups in total. The molecule has 0 fully saturated rings. The summed E-state index contributed by atoms with van der Waals surface area (Å²) in [7, 11) is 0. The normalized spacial score (nSPS) is 21.2. The van der Waals surface area contributed by atoms with Crippen LogP contribution < -0.4 is 5.32 Å². The third kappa shape index (κ3) is 2.84. The van der Waals surface area contributed by atoms with E-state index >= 15 is 0 Å². The summed E-state index contributed by atoms with van der Waals surface area (Å²) < 4.78 is 0. The van der Waals surface area contributed by atoms with E-state index in [1.54, 1.807) is 6.08 Å². The number of nitrogens with one attached hydrogen (secondary N) is 1. The summed E-state index contributed by atoms with van der Waals surface area (Å²) >= 11 is 0. The van der Waals surface area contributed by atoms with Crippen molar-refractivity contribution in [1.82, 2.24) is 5.32 Å². The smallest absolute Gasteiger partial charge is 0.157 e. The molecule has 0 aromatic rings. The fourth-order valence-corrected chi connectivity index (χ4v) is 1.45. The SMILES string of the molecule is CCC(O)C(C)NC1=CC(=O)CC1. The molecule has 1 aliphatic carbocycles. The molecule has 3 nitrogen and oxygen atoms in total. The maximum atomic E-state index is 10.9. The largest absolute Gasteiger partial charge is 0.391 e. The molecular weight excluding hydrogens is 166 g/mol. The van der Waals surface area contributed by atoms with Crippen LogP contribution in [0.4, 0.5) is 0 Å². The van der Waals surface area contributed by atoms with Gasteiger partial charge >= 0.3 is 0 Å². The molecule has 0 saturated heterocycles. The Morgan fingerprint density at radius 3 is 2.77 bits per heavy atom. The molecule has 1 rings (SSSR count). The number of hydrogen-bond acceptors (Lipinski definition) is 3. The van der Waals surface area contributed by atoms with Crippen molar-refractivity contribution in [3.63, 3.8) is 0 Å². The topological polar surface area (TPSA) is 49.3 Å². The molecule has 1 aliphatic rings. The molecule has 0 amide bonds. The molecule has 13 heavy (non-hydrogen) atoms. The molecule has 0 spiro atoms. The first-order valence-corrected chi connectivity index (χ1v) is 4.81. The lowest BCUT2D eigenvalue weighted by atomic mass is 10.1. The van der Waals surface area contributed by atoms with Crippen LogP contribution in [0.5, 0.6) is 0 Å². The first kappa shape index (κ1) is 10.3. The van der Waals surface area contributed by atoms with Gasteiger partial charge in [0.1, 0.15) is 0 Å².